The van der Waals surface area contributed by atoms with Crippen LogP contribution in [0.2, 0.25) is 0 Å². The molecule has 5 atom stereocenters. The predicted octanol–water partition coefficient (Wildman–Crippen LogP) is 3.10. The zero-order valence-corrected chi connectivity index (χ0v) is 17.1. The highest BCUT2D eigenvalue weighted by Crippen LogP contribution is 2.70. The standard InChI is InChI=1S/C20H33NO4S/c1-5-6-7-8-9-16(22)14(2)18(23)21-17-12-15-10-11-20(17,19(15,3)4)13-26(21,24)25/h5,14-17,22H,1,6-13H2,2-4H3/t14-,15+,16-,17+,20+/m1/s1. The van der Waals surface area contributed by atoms with E-state index >= 15 is 0 Å². The molecule has 1 saturated heterocycles. The SMILES string of the molecule is C=CCCCC[C@@H](O)[C@@H](C)C(=O)N1[C@H]2C[C@@H]3CC[C@@]2(CS1(=O)=O)C3(C)C. The highest BCUT2D eigenvalue weighted by molar-refractivity contribution is 7.90. The maximum Gasteiger partial charge on any atom is 0.241 e. The van der Waals surface area contributed by atoms with Gasteiger partial charge in [-0.15, -0.1) is 6.58 Å². The van der Waals surface area contributed by atoms with Crippen molar-refractivity contribution in [1.82, 2.24) is 4.31 Å². The Kier molecular flexibility index (Phi) is 5.06. The normalized spacial score (nSPS) is 35.9. The number of aliphatic hydroxyl groups is 1. The van der Waals surface area contributed by atoms with Gasteiger partial charge in [0.1, 0.15) is 0 Å². The molecule has 26 heavy (non-hydrogen) atoms. The van der Waals surface area contributed by atoms with E-state index in [1.165, 1.54) is 4.31 Å². The molecular weight excluding hydrogens is 350 g/mol. The van der Waals surface area contributed by atoms with Crippen LogP contribution in [0.25, 0.3) is 0 Å². The topological polar surface area (TPSA) is 74.7 Å². The number of unbranched alkanes of at least 4 members (excludes halogenated alkanes) is 2. The highest BCUT2D eigenvalue weighted by atomic mass is 32.2. The second-order valence-corrected chi connectivity index (χ2v) is 11.0. The number of hydrogen-bond donors (Lipinski definition) is 1. The second kappa shape index (κ2) is 6.62. The molecule has 2 aliphatic carbocycles. The lowest BCUT2D eigenvalue weighted by Gasteiger charge is -2.37. The molecule has 5 nitrogen and oxygen atoms in total. The Morgan fingerprint density at radius 1 is 1.38 bits per heavy atom. The first-order valence-corrected chi connectivity index (χ1v) is 11.5. The summed E-state index contributed by atoms with van der Waals surface area (Å²) in [6.07, 6.45) is 6.89. The van der Waals surface area contributed by atoms with E-state index < -0.39 is 28.0 Å². The van der Waals surface area contributed by atoms with E-state index in [0.717, 1.165) is 38.5 Å². The van der Waals surface area contributed by atoms with Crippen LogP contribution < -0.4 is 0 Å². The van der Waals surface area contributed by atoms with Crippen molar-refractivity contribution in [2.24, 2.45) is 22.7 Å². The third-order valence-electron chi connectivity index (χ3n) is 7.75. The number of fused-ring (bicyclic) bond motifs is 1. The van der Waals surface area contributed by atoms with Crippen molar-refractivity contribution < 1.29 is 18.3 Å². The van der Waals surface area contributed by atoms with Crippen molar-refractivity contribution in [2.75, 3.05) is 5.75 Å². The summed E-state index contributed by atoms with van der Waals surface area (Å²) >= 11 is 0. The summed E-state index contributed by atoms with van der Waals surface area (Å²) in [6, 6.07) is -0.218. The average Bonchev–Trinajstić information content (AvgIpc) is 3.04. The zero-order valence-electron chi connectivity index (χ0n) is 16.3. The number of carbonyl (C=O) groups excluding carboxylic acids is 1. The van der Waals surface area contributed by atoms with E-state index in [9.17, 15) is 18.3 Å². The fraction of sp³-hybridized carbons (Fsp3) is 0.850. The van der Waals surface area contributed by atoms with Gasteiger partial charge in [0.2, 0.25) is 15.9 Å². The van der Waals surface area contributed by atoms with Gasteiger partial charge in [0.05, 0.1) is 23.8 Å². The van der Waals surface area contributed by atoms with Crippen molar-refractivity contribution in [2.45, 2.75) is 77.9 Å². The van der Waals surface area contributed by atoms with Crippen LogP contribution in [0.5, 0.6) is 0 Å². The quantitative estimate of drug-likeness (QED) is 0.541. The van der Waals surface area contributed by atoms with Crippen LogP contribution in [-0.2, 0) is 14.8 Å². The van der Waals surface area contributed by atoms with Gasteiger partial charge in [-0.05, 0) is 49.9 Å². The Morgan fingerprint density at radius 3 is 2.69 bits per heavy atom. The van der Waals surface area contributed by atoms with Gasteiger partial charge >= 0.3 is 0 Å². The van der Waals surface area contributed by atoms with E-state index in [4.69, 9.17) is 0 Å². The van der Waals surface area contributed by atoms with Crippen LogP contribution in [0.15, 0.2) is 12.7 Å². The first kappa shape index (κ1) is 19.9. The van der Waals surface area contributed by atoms with E-state index in [2.05, 4.69) is 20.4 Å². The molecule has 1 aliphatic heterocycles. The molecule has 3 rings (SSSR count). The van der Waals surface area contributed by atoms with E-state index in [1.807, 2.05) is 6.08 Å². The molecule has 0 aromatic heterocycles. The van der Waals surface area contributed by atoms with Crippen molar-refractivity contribution in [3.05, 3.63) is 12.7 Å². The molecule has 1 heterocycles. The molecule has 3 fully saturated rings. The number of aliphatic hydroxyl groups excluding tert-OH is 1. The fourth-order valence-electron chi connectivity index (χ4n) is 5.84. The number of allylic oxidation sites excluding steroid dienone is 1. The number of carbonyl (C=O) groups is 1. The summed E-state index contributed by atoms with van der Waals surface area (Å²) in [4.78, 5) is 13.1. The Hall–Kier alpha value is -0.880. The molecule has 1 N–H and O–H groups in total. The van der Waals surface area contributed by atoms with Crippen LogP contribution in [0, 0.1) is 22.7 Å². The lowest BCUT2D eigenvalue weighted by Crippen LogP contribution is -2.47. The van der Waals surface area contributed by atoms with Crippen LogP contribution >= 0.6 is 0 Å². The number of rotatable bonds is 7. The van der Waals surface area contributed by atoms with Crippen LogP contribution in [-0.4, -0.2) is 41.6 Å². The first-order valence-electron chi connectivity index (χ1n) is 9.93. The maximum absolute atomic E-state index is 13.1. The summed E-state index contributed by atoms with van der Waals surface area (Å²) in [5.41, 5.74) is -0.354. The molecule has 0 aromatic carbocycles. The van der Waals surface area contributed by atoms with Crippen LogP contribution in [0.1, 0.15) is 65.7 Å². The maximum atomic E-state index is 13.1. The number of hydrogen-bond acceptors (Lipinski definition) is 4. The number of sulfonamides is 1. The molecule has 0 radical (unpaired) electrons. The van der Waals surface area contributed by atoms with Crippen molar-refractivity contribution in [3.8, 4) is 0 Å². The minimum Gasteiger partial charge on any atom is -0.392 e. The second-order valence-electron chi connectivity index (χ2n) is 9.18. The molecule has 148 valence electrons. The monoisotopic (exact) mass is 383 g/mol. The molecule has 1 amide bonds. The highest BCUT2D eigenvalue weighted by Gasteiger charge is 2.72. The predicted molar refractivity (Wildman–Crippen MR) is 102 cm³/mol. The van der Waals surface area contributed by atoms with Crippen molar-refractivity contribution in [3.63, 3.8) is 0 Å². The summed E-state index contributed by atoms with van der Waals surface area (Å²) in [5.74, 6) is -0.531. The van der Waals surface area contributed by atoms with Gasteiger partial charge in [-0.3, -0.25) is 4.79 Å². The smallest absolute Gasteiger partial charge is 0.241 e. The molecule has 0 unspecified atom stereocenters. The minimum atomic E-state index is -3.61. The van der Waals surface area contributed by atoms with Gasteiger partial charge in [0.15, 0.2) is 0 Å². The summed E-state index contributed by atoms with van der Waals surface area (Å²) in [5, 5.41) is 10.4. The van der Waals surface area contributed by atoms with Crippen molar-refractivity contribution >= 4 is 15.9 Å². The van der Waals surface area contributed by atoms with Gasteiger partial charge in [-0.25, -0.2) is 12.7 Å². The molecule has 1 spiro atoms. The van der Waals surface area contributed by atoms with Crippen LogP contribution in [0.4, 0.5) is 0 Å². The average molecular weight is 384 g/mol. The molecule has 3 aliphatic rings. The Morgan fingerprint density at radius 2 is 2.08 bits per heavy atom. The molecule has 2 bridgehead atoms. The van der Waals surface area contributed by atoms with Crippen molar-refractivity contribution in [1.29, 1.82) is 0 Å². The Labute approximate surface area is 157 Å². The number of nitrogens with zero attached hydrogens (tertiary/aromatic N) is 1. The lowest BCUT2D eigenvalue weighted by molar-refractivity contribution is -0.136. The van der Waals surface area contributed by atoms with Gasteiger partial charge < -0.3 is 5.11 Å². The lowest BCUT2D eigenvalue weighted by atomic mass is 9.69. The van der Waals surface area contributed by atoms with E-state index in [1.54, 1.807) is 6.92 Å². The first-order chi connectivity index (χ1) is 12.1. The molecule has 6 heteroatoms. The molecular formula is C20H33NO4S. The summed E-state index contributed by atoms with van der Waals surface area (Å²) in [6.45, 7) is 9.69. The zero-order chi connectivity index (χ0) is 19.3. The molecule has 0 aromatic rings. The van der Waals surface area contributed by atoms with Gasteiger partial charge in [0, 0.05) is 5.41 Å². The largest absolute Gasteiger partial charge is 0.392 e. The fourth-order valence-corrected chi connectivity index (χ4v) is 8.45. The Balaban J connectivity index is 1.76. The number of amides is 1. The minimum absolute atomic E-state index is 0.0493. The third kappa shape index (κ3) is 2.75. The van der Waals surface area contributed by atoms with E-state index in [0.29, 0.717) is 12.3 Å². The van der Waals surface area contributed by atoms with Crippen LogP contribution in [0.3, 0.4) is 0 Å². The molecule has 2 saturated carbocycles. The van der Waals surface area contributed by atoms with Gasteiger partial charge in [-0.1, -0.05) is 33.3 Å². The Bertz CT molecular complexity index is 686. The third-order valence-corrected chi connectivity index (χ3v) is 9.67. The summed E-state index contributed by atoms with van der Waals surface area (Å²) in [7, 11) is -3.61. The van der Waals surface area contributed by atoms with Gasteiger partial charge in [-0.2, -0.15) is 0 Å². The van der Waals surface area contributed by atoms with Gasteiger partial charge in [0.25, 0.3) is 0 Å². The summed E-state index contributed by atoms with van der Waals surface area (Å²) < 4.78 is 27.0. The van der Waals surface area contributed by atoms with E-state index in [-0.39, 0.29) is 22.6 Å².